The number of carbonyl (C=O) groups is 1. The Morgan fingerprint density at radius 1 is 0.933 bits per heavy atom. The second-order valence-corrected chi connectivity index (χ2v) is 3.92. The van der Waals surface area contributed by atoms with Crippen molar-refractivity contribution in [3.63, 3.8) is 0 Å². The monoisotopic (exact) mass is 232 g/mol. The molecule has 0 spiro atoms. The van der Waals surface area contributed by atoms with Gasteiger partial charge in [-0.2, -0.15) is 13.2 Å². The Balaban J connectivity index is 0. The van der Waals surface area contributed by atoms with Gasteiger partial charge in [-0.3, -0.25) is 0 Å². The van der Waals surface area contributed by atoms with Crippen molar-refractivity contribution in [3.8, 4) is 0 Å². The first-order valence-corrected chi connectivity index (χ1v) is 3.94. The fourth-order valence-corrected chi connectivity index (χ4v) is 0. The van der Waals surface area contributed by atoms with Crippen molar-refractivity contribution in [1.82, 2.24) is 0 Å². The quantitative estimate of drug-likeness (QED) is 0.634. The maximum Gasteiger partial charge on any atom is 0.490 e. The maximum atomic E-state index is 10.6. The molecule has 0 saturated heterocycles. The molecule has 0 unspecified atom stereocenters. The molecule has 4 nitrogen and oxygen atoms in total. The molecule has 0 heterocycles. The summed E-state index contributed by atoms with van der Waals surface area (Å²) in [6.45, 7) is 6.31. The van der Waals surface area contributed by atoms with Gasteiger partial charge in [-0.1, -0.05) is 0 Å². The normalized spacial score (nSPS) is 12.9. The second-order valence-electron chi connectivity index (χ2n) is 3.92. The van der Waals surface area contributed by atoms with Crippen LogP contribution in [0.15, 0.2) is 0 Å². The molecule has 0 aliphatic carbocycles. The summed E-state index contributed by atoms with van der Waals surface area (Å²) in [4.78, 5) is 8.90. The van der Waals surface area contributed by atoms with Gasteiger partial charge in [0.2, 0.25) is 0 Å². The van der Waals surface area contributed by atoms with E-state index in [0.29, 0.717) is 0 Å². The average Bonchev–Trinajstić information content (AvgIpc) is 1.80. The molecule has 0 aliphatic heterocycles. The van der Waals surface area contributed by atoms with E-state index in [2.05, 4.69) is 0 Å². The molecule has 0 rings (SSSR count). The molecule has 15 heavy (non-hydrogen) atoms. The first-order valence-electron chi connectivity index (χ1n) is 3.94. The fourth-order valence-electron chi connectivity index (χ4n) is 0. The number of alkyl halides is 3. The summed E-state index contributed by atoms with van der Waals surface area (Å²) < 4.78 is 31.7. The van der Waals surface area contributed by atoms with Gasteiger partial charge < -0.3 is 15.3 Å². The summed E-state index contributed by atoms with van der Waals surface area (Å²) >= 11 is 0. The van der Waals surface area contributed by atoms with Crippen LogP contribution < -0.4 is 0 Å². The zero-order chi connectivity index (χ0) is 13.1. The Bertz CT molecular complexity index is 197. The molecule has 92 valence electrons. The highest BCUT2D eigenvalue weighted by molar-refractivity contribution is 5.73. The van der Waals surface area contributed by atoms with E-state index in [1.54, 1.807) is 27.7 Å². The fraction of sp³-hybridized carbons (Fsp3) is 0.875. The lowest BCUT2D eigenvalue weighted by Crippen LogP contribution is -2.44. The molecule has 0 fully saturated rings. The maximum absolute atomic E-state index is 10.6. The first kappa shape index (κ1) is 16.6. The Morgan fingerprint density at radius 3 is 1.07 bits per heavy atom. The number of carboxylic acid groups (broad SMARTS) is 1. The Hall–Kier alpha value is -0.820. The first-order chi connectivity index (χ1) is 6.19. The molecular formula is C8H15F3O4. The van der Waals surface area contributed by atoms with Crippen LogP contribution in [0.2, 0.25) is 0 Å². The minimum atomic E-state index is -5.08. The van der Waals surface area contributed by atoms with Crippen LogP contribution in [0.25, 0.3) is 0 Å². The molecular weight excluding hydrogens is 217 g/mol. The Morgan fingerprint density at radius 2 is 1.07 bits per heavy atom. The second kappa shape index (κ2) is 4.80. The highest BCUT2D eigenvalue weighted by atomic mass is 19.4. The molecule has 0 bridgehead atoms. The van der Waals surface area contributed by atoms with E-state index in [0.717, 1.165) is 0 Å². The number of hydrogen-bond acceptors (Lipinski definition) is 3. The highest BCUT2D eigenvalue weighted by Gasteiger charge is 2.38. The lowest BCUT2D eigenvalue weighted by Gasteiger charge is -2.31. The van der Waals surface area contributed by atoms with Crippen LogP contribution in [-0.2, 0) is 4.79 Å². The van der Waals surface area contributed by atoms with Gasteiger partial charge in [0.05, 0.1) is 11.2 Å². The third-order valence-electron chi connectivity index (χ3n) is 1.74. The lowest BCUT2D eigenvalue weighted by molar-refractivity contribution is -0.192. The molecule has 0 aromatic carbocycles. The Kier molecular flexibility index (Phi) is 5.31. The highest BCUT2D eigenvalue weighted by Crippen LogP contribution is 2.19. The largest absolute Gasteiger partial charge is 0.490 e. The average molecular weight is 232 g/mol. The van der Waals surface area contributed by atoms with Gasteiger partial charge in [-0.25, -0.2) is 4.79 Å². The number of aliphatic carboxylic acids is 1. The summed E-state index contributed by atoms with van der Waals surface area (Å²) in [7, 11) is 0. The van der Waals surface area contributed by atoms with E-state index >= 15 is 0 Å². The van der Waals surface area contributed by atoms with Gasteiger partial charge in [-0.15, -0.1) is 0 Å². The smallest absolute Gasteiger partial charge is 0.475 e. The van der Waals surface area contributed by atoms with Crippen LogP contribution in [0.3, 0.4) is 0 Å². The molecule has 0 aliphatic rings. The summed E-state index contributed by atoms with van der Waals surface area (Å²) in [5, 5.41) is 25.3. The predicted octanol–water partition coefficient (Wildman–Crippen LogP) is 1.16. The van der Waals surface area contributed by atoms with Crippen molar-refractivity contribution in [2.75, 3.05) is 0 Å². The van der Waals surface area contributed by atoms with Crippen molar-refractivity contribution in [2.24, 2.45) is 0 Å². The molecule has 0 amide bonds. The van der Waals surface area contributed by atoms with Crippen molar-refractivity contribution in [2.45, 2.75) is 45.1 Å². The molecule has 0 aromatic rings. The van der Waals surface area contributed by atoms with Crippen molar-refractivity contribution in [1.29, 1.82) is 0 Å². The van der Waals surface area contributed by atoms with Gasteiger partial charge in [0, 0.05) is 0 Å². The minimum absolute atomic E-state index is 1.01. The molecule has 0 aromatic heterocycles. The van der Waals surface area contributed by atoms with Crippen LogP contribution in [0.1, 0.15) is 27.7 Å². The van der Waals surface area contributed by atoms with Crippen LogP contribution in [0, 0.1) is 0 Å². The van der Waals surface area contributed by atoms with Crippen LogP contribution in [0.4, 0.5) is 13.2 Å². The number of aliphatic hydroxyl groups is 2. The van der Waals surface area contributed by atoms with E-state index in [-0.39, 0.29) is 0 Å². The summed E-state index contributed by atoms with van der Waals surface area (Å²) in [5.74, 6) is -2.76. The topological polar surface area (TPSA) is 77.8 Å². The summed E-state index contributed by atoms with van der Waals surface area (Å²) in [6, 6.07) is 0. The van der Waals surface area contributed by atoms with Gasteiger partial charge in [0.25, 0.3) is 0 Å². The molecule has 0 atom stereocenters. The van der Waals surface area contributed by atoms with Gasteiger partial charge >= 0.3 is 12.1 Å². The van der Waals surface area contributed by atoms with Crippen molar-refractivity contribution in [3.05, 3.63) is 0 Å². The number of hydrogen-bond donors (Lipinski definition) is 3. The van der Waals surface area contributed by atoms with E-state index < -0.39 is 23.3 Å². The third-order valence-corrected chi connectivity index (χ3v) is 1.74. The molecule has 3 N–H and O–H groups in total. The zero-order valence-corrected chi connectivity index (χ0v) is 8.88. The van der Waals surface area contributed by atoms with E-state index in [1.165, 1.54) is 0 Å². The van der Waals surface area contributed by atoms with Gasteiger partial charge in [-0.05, 0) is 27.7 Å². The Labute approximate surface area is 85.3 Å². The van der Waals surface area contributed by atoms with Crippen molar-refractivity contribution >= 4 is 5.97 Å². The van der Waals surface area contributed by atoms with Crippen LogP contribution in [-0.4, -0.2) is 38.7 Å². The standard InChI is InChI=1S/C6H14O2.C2HF3O2/c1-5(2,7)6(3,4)8;3-2(4,5)1(6)7/h7-8H,1-4H3;(H,6,7). The van der Waals surface area contributed by atoms with E-state index in [9.17, 15) is 13.2 Å². The zero-order valence-electron chi connectivity index (χ0n) is 8.88. The lowest BCUT2D eigenvalue weighted by atomic mass is 9.90. The van der Waals surface area contributed by atoms with Crippen molar-refractivity contribution < 1.29 is 33.3 Å². The van der Waals surface area contributed by atoms with E-state index in [1.807, 2.05) is 0 Å². The molecule has 7 heteroatoms. The number of halogens is 3. The van der Waals surface area contributed by atoms with Crippen LogP contribution in [0.5, 0.6) is 0 Å². The summed E-state index contributed by atoms with van der Waals surface area (Å²) in [6.07, 6.45) is -5.08. The molecule has 0 radical (unpaired) electrons. The number of carboxylic acids is 1. The van der Waals surface area contributed by atoms with Crippen LogP contribution >= 0.6 is 0 Å². The molecule has 0 saturated carbocycles. The predicted molar refractivity (Wildman–Crippen MR) is 46.3 cm³/mol. The van der Waals surface area contributed by atoms with Gasteiger partial charge in [0.1, 0.15) is 0 Å². The SMILES string of the molecule is CC(C)(O)C(C)(C)O.O=C(O)C(F)(F)F. The third kappa shape index (κ3) is 8.19. The summed E-state index contributed by atoms with van der Waals surface area (Å²) in [5.41, 5.74) is -2.01. The number of rotatable bonds is 1. The minimum Gasteiger partial charge on any atom is -0.475 e. The van der Waals surface area contributed by atoms with E-state index in [4.69, 9.17) is 20.1 Å². The van der Waals surface area contributed by atoms with Gasteiger partial charge in [0.15, 0.2) is 0 Å².